The fraction of sp³-hybridized carbons (Fsp3) is 0.952. The van der Waals surface area contributed by atoms with E-state index in [9.17, 15) is 0 Å². The van der Waals surface area contributed by atoms with Crippen LogP contribution in [0, 0.1) is 11.8 Å². The van der Waals surface area contributed by atoms with Crippen LogP contribution < -0.4 is 0 Å². The lowest BCUT2D eigenvalue weighted by atomic mass is 9.89. The Morgan fingerprint density at radius 2 is 1.59 bits per heavy atom. The van der Waals surface area contributed by atoms with Crippen molar-refractivity contribution in [3.05, 3.63) is 0 Å². The number of rotatable bonds is 10. The van der Waals surface area contributed by atoms with Crippen LogP contribution in [0.4, 0.5) is 0 Å². The zero-order valence-corrected chi connectivity index (χ0v) is 21.8. The van der Waals surface area contributed by atoms with Crippen LogP contribution in [0.2, 0.25) is 36.3 Å². The van der Waals surface area contributed by atoms with Gasteiger partial charge in [0.2, 0.25) is 0 Å². The zero-order chi connectivity index (χ0) is 21.0. The molecule has 0 spiro atoms. The first kappa shape index (κ1) is 24.9. The van der Waals surface area contributed by atoms with Gasteiger partial charge in [-0.3, -0.25) is 0 Å². The standard InChI is InChI=1S/C21H45NO3Si2/c1-12-27(13-2,14-3)25-18(6)20-17(5)19(22-24-20)16(4)15-23-26(10,11)21(7,8)9/h16-18,20H,12-15H2,1-11H3/t16-,17+,18+,20-/m0/s1. The largest absolute Gasteiger partial charge is 0.416 e. The Balaban J connectivity index is 2.70. The molecule has 1 aliphatic rings. The summed E-state index contributed by atoms with van der Waals surface area (Å²) in [5.41, 5.74) is 1.13. The minimum Gasteiger partial charge on any atom is -0.416 e. The van der Waals surface area contributed by atoms with Gasteiger partial charge in [-0.15, -0.1) is 0 Å². The number of nitrogens with zero attached hydrogens (tertiary/aromatic N) is 1. The first-order chi connectivity index (χ1) is 12.3. The molecule has 0 saturated carbocycles. The molecular weight excluding hydrogens is 370 g/mol. The molecule has 1 rings (SSSR count). The van der Waals surface area contributed by atoms with Crippen LogP contribution in [0.25, 0.3) is 0 Å². The molecule has 1 heterocycles. The molecule has 0 amide bonds. The summed E-state index contributed by atoms with van der Waals surface area (Å²) < 4.78 is 13.1. The molecule has 0 bridgehead atoms. The molecule has 0 saturated heterocycles. The van der Waals surface area contributed by atoms with E-state index in [0.717, 1.165) is 30.5 Å². The van der Waals surface area contributed by atoms with E-state index in [1.807, 2.05) is 0 Å². The Kier molecular flexibility index (Phi) is 8.79. The van der Waals surface area contributed by atoms with E-state index < -0.39 is 16.6 Å². The second-order valence-electron chi connectivity index (χ2n) is 9.91. The minimum absolute atomic E-state index is 0.0202. The third-order valence-electron chi connectivity index (χ3n) is 7.08. The predicted molar refractivity (Wildman–Crippen MR) is 122 cm³/mol. The molecule has 0 aromatic carbocycles. The lowest BCUT2D eigenvalue weighted by molar-refractivity contribution is -0.0176. The summed E-state index contributed by atoms with van der Waals surface area (Å²) in [6, 6.07) is 3.49. The summed E-state index contributed by atoms with van der Waals surface area (Å²) in [7, 11) is -3.38. The first-order valence-corrected chi connectivity index (χ1v) is 16.3. The van der Waals surface area contributed by atoms with Crippen molar-refractivity contribution in [3.63, 3.8) is 0 Å². The highest BCUT2D eigenvalue weighted by Crippen LogP contribution is 2.37. The second-order valence-corrected chi connectivity index (χ2v) is 19.4. The van der Waals surface area contributed by atoms with Crippen molar-refractivity contribution >= 4 is 22.3 Å². The van der Waals surface area contributed by atoms with Gasteiger partial charge >= 0.3 is 0 Å². The topological polar surface area (TPSA) is 40.0 Å². The highest BCUT2D eigenvalue weighted by Gasteiger charge is 2.42. The molecule has 6 heteroatoms. The van der Waals surface area contributed by atoms with Gasteiger partial charge in [-0.1, -0.05) is 60.5 Å². The van der Waals surface area contributed by atoms with Crippen molar-refractivity contribution in [2.24, 2.45) is 17.0 Å². The van der Waals surface area contributed by atoms with Crippen molar-refractivity contribution in [1.82, 2.24) is 0 Å². The molecule has 0 aromatic rings. The van der Waals surface area contributed by atoms with Gasteiger partial charge in [0.05, 0.1) is 11.8 Å². The summed E-state index contributed by atoms with van der Waals surface area (Å²) >= 11 is 0. The molecule has 0 radical (unpaired) electrons. The highest BCUT2D eigenvalue weighted by molar-refractivity contribution is 6.74. The molecule has 0 aromatic heterocycles. The van der Waals surface area contributed by atoms with Gasteiger partial charge < -0.3 is 13.7 Å². The van der Waals surface area contributed by atoms with E-state index in [1.165, 1.54) is 0 Å². The van der Waals surface area contributed by atoms with Crippen LogP contribution in [0.15, 0.2) is 5.16 Å². The van der Waals surface area contributed by atoms with E-state index in [2.05, 4.69) is 80.6 Å². The molecule has 4 nitrogen and oxygen atoms in total. The number of oxime groups is 1. The summed E-state index contributed by atoms with van der Waals surface area (Å²) in [6.45, 7) is 25.6. The Labute approximate surface area is 170 Å². The molecular formula is C21H45NO3Si2. The average Bonchev–Trinajstić information content (AvgIpc) is 2.98. The summed E-state index contributed by atoms with van der Waals surface area (Å²) in [4.78, 5) is 5.88. The summed E-state index contributed by atoms with van der Waals surface area (Å²) in [6.07, 6.45) is 0.105. The van der Waals surface area contributed by atoms with Gasteiger partial charge in [0.15, 0.2) is 22.7 Å². The maximum Gasteiger partial charge on any atom is 0.192 e. The molecule has 160 valence electrons. The maximum absolute atomic E-state index is 6.64. The predicted octanol–water partition coefficient (Wildman–Crippen LogP) is 6.45. The fourth-order valence-electron chi connectivity index (χ4n) is 3.59. The van der Waals surface area contributed by atoms with Crippen molar-refractivity contribution < 1.29 is 13.7 Å². The second kappa shape index (κ2) is 9.55. The molecule has 0 unspecified atom stereocenters. The Morgan fingerprint density at radius 3 is 2.04 bits per heavy atom. The average molecular weight is 416 g/mol. The number of hydrogen-bond acceptors (Lipinski definition) is 4. The van der Waals surface area contributed by atoms with Gasteiger partial charge in [0.25, 0.3) is 0 Å². The van der Waals surface area contributed by atoms with Crippen molar-refractivity contribution in [2.45, 2.75) is 111 Å². The maximum atomic E-state index is 6.64. The smallest absolute Gasteiger partial charge is 0.192 e. The van der Waals surface area contributed by atoms with Crippen molar-refractivity contribution in [3.8, 4) is 0 Å². The van der Waals surface area contributed by atoms with E-state index in [-0.39, 0.29) is 29.1 Å². The van der Waals surface area contributed by atoms with Gasteiger partial charge in [0, 0.05) is 18.4 Å². The molecule has 0 aliphatic carbocycles. The van der Waals surface area contributed by atoms with Gasteiger partial charge in [-0.2, -0.15) is 0 Å². The third kappa shape index (κ3) is 5.90. The third-order valence-corrected chi connectivity index (χ3v) is 16.3. The van der Waals surface area contributed by atoms with Crippen LogP contribution >= 0.6 is 0 Å². The minimum atomic E-state index is -1.74. The molecule has 4 atom stereocenters. The molecule has 0 fully saturated rings. The van der Waals surface area contributed by atoms with Crippen LogP contribution in [-0.2, 0) is 13.7 Å². The Morgan fingerprint density at radius 1 is 1.07 bits per heavy atom. The Hall–Kier alpha value is -0.176. The Bertz CT molecular complexity index is 490. The normalized spacial score (nSPS) is 23.7. The summed E-state index contributed by atoms with van der Waals surface area (Å²) in [5.74, 6) is 0.548. The van der Waals surface area contributed by atoms with Crippen molar-refractivity contribution in [2.75, 3.05) is 6.61 Å². The molecule has 0 N–H and O–H groups in total. The van der Waals surface area contributed by atoms with Crippen LogP contribution in [-0.4, -0.2) is 41.2 Å². The lowest BCUT2D eigenvalue weighted by Crippen LogP contribution is -2.45. The van der Waals surface area contributed by atoms with Gasteiger partial charge in [-0.25, -0.2) is 0 Å². The molecule has 27 heavy (non-hydrogen) atoms. The fourth-order valence-corrected chi connectivity index (χ4v) is 7.61. The van der Waals surface area contributed by atoms with Crippen molar-refractivity contribution in [1.29, 1.82) is 0 Å². The lowest BCUT2D eigenvalue weighted by Gasteiger charge is -2.37. The van der Waals surface area contributed by atoms with E-state index in [0.29, 0.717) is 0 Å². The van der Waals surface area contributed by atoms with Crippen LogP contribution in [0.5, 0.6) is 0 Å². The van der Waals surface area contributed by atoms with Crippen LogP contribution in [0.3, 0.4) is 0 Å². The van der Waals surface area contributed by atoms with E-state index in [4.69, 9.17) is 13.7 Å². The number of hydrogen-bond donors (Lipinski definition) is 0. The first-order valence-electron chi connectivity index (χ1n) is 10.9. The SMILES string of the molecule is CC[Si](CC)(CC)O[C@H](C)[C@H]1ON=C([C@@H](C)CO[Si](C)(C)C(C)(C)C)[C@H]1C. The highest BCUT2D eigenvalue weighted by atomic mass is 28.4. The van der Waals surface area contributed by atoms with E-state index >= 15 is 0 Å². The zero-order valence-electron chi connectivity index (χ0n) is 19.8. The monoisotopic (exact) mass is 415 g/mol. The van der Waals surface area contributed by atoms with Crippen LogP contribution in [0.1, 0.15) is 62.3 Å². The summed E-state index contributed by atoms with van der Waals surface area (Å²) in [5, 5.41) is 4.70. The quantitative estimate of drug-likeness (QED) is 0.385. The van der Waals surface area contributed by atoms with Gasteiger partial charge in [0.1, 0.15) is 0 Å². The molecule has 1 aliphatic heterocycles. The van der Waals surface area contributed by atoms with E-state index in [1.54, 1.807) is 0 Å². The van der Waals surface area contributed by atoms with Gasteiger partial charge in [-0.05, 0) is 43.2 Å².